The molecule has 3 nitrogen and oxygen atoms in total. The molecule has 3 N–H and O–H groups in total. The van der Waals surface area contributed by atoms with Crippen molar-refractivity contribution in [3.63, 3.8) is 0 Å². The van der Waals surface area contributed by atoms with Crippen LogP contribution in [0.15, 0.2) is 24.3 Å². The van der Waals surface area contributed by atoms with Gasteiger partial charge in [0.2, 0.25) is 0 Å². The van der Waals surface area contributed by atoms with Gasteiger partial charge in [0.15, 0.2) is 0 Å². The number of piperidine rings is 1. The van der Waals surface area contributed by atoms with Crippen LogP contribution in [-0.4, -0.2) is 42.3 Å². The van der Waals surface area contributed by atoms with E-state index >= 15 is 0 Å². The minimum Gasteiger partial charge on any atom is -0.388 e. The van der Waals surface area contributed by atoms with Crippen LogP contribution in [0.1, 0.15) is 24.0 Å². The zero-order valence-corrected chi connectivity index (χ0v) is 11.7. The van der Waals surface area contributed by atoms with Gasteiger partial charge in [-0.3, -0.25) is 0 Å². The van der Waals surface area contributed by atoms with Crippen LogP contribution >= 0.6 is 0 Å². The number of likely N-dealkylation sites (tertiary alicyclic amines) is 1. The number of nitrogens with two attached hydrogens (primary N) is 1. The van der Waals surface area contributed by atoms with Crippen LogP contribution in [0.4, 0.5) is 0 Å². The molecule has 104 valence electrons. The number of benzene rings is 1. The van der Waals surface area contributed by atoms with E-state index in [2.05, 4.69) is 36.2 Å². The van der Waals surface area contributed by atoms with Gasteiger partial charge in [-0.15, -0.1) is 0 Å². The zero-order valence-electron chi connectivity index (χ0n) is 11.7. The van der Waals surface area contributed by atoms with Gasteiger partial charge in [0.05, 0.1) is 5.60 Å². The van der Waals surface area contributed by atoms with Gasteiger partial charge >= 0.3 is 0 Å². The van der Waals surface area contributed by atoms with E-state index in [4.69, 9.17) is 5.73 Å². The lowest BCUT2D eigenvalue weighted by Crippen LogP contribution is -2.60. The first kappa shape index (κ1) is 13.1. The lowest BCUT2D eigenvalue weighted by Gasteiger charge is -2.49. The Labute approximate surface area is 115 Å². The summed E-state index contributed by atoms with van der Waals surface area (Å²) in [5.74, 6) is 0. The fourth-order valence-corrected chi connectivity index (χ4v) is 4.04. The van der Waals surface area contributed by atoms with E-state index < -0.39 is 5.60 Å². The first-order chi connectivity index (χ1) is 9.09. The summed E-state index contributed by atoms with van der Waals surface area (Å²) in [4.78, 5) is 2.24. The van der Waals surface area contributed by atoms with Crippen LogP contribution in [-0.2, 0) is 12.8 Å². The molecule has 0 aromatic heterocycles. The van der Waals surface area contributed by atoms with E-state index in [0.29, 0.717) is 6.54 Å². The molecule has 1 atom stereocenters. The largest absolute Gasteiger partial charge is 0.388 e. The first-order valence-electron chi connectivity index (χ1n) is 7.26. The Balaban J connectivity index is 1.93. The third-order valence-corrected chi connectivity index (χ3v) is 5.22. The zero-order chi connectivity index (χ0) is 13.5. The fraction of sp³-hybridized carbons (Fsp3) is 0.625. The topological polar surface area (TPSA) is 49.5 Å². The highest BCUT2D eigenvalue weighted by atomic mass is 16.3. The van der Waals surface area contributed by atoms with E-state index in [9.17, 15) is 5.11 Å². The number of hydrogen-bond donors (Lipinski definition) is 2. The molecule has 3 heteroatoms. The average molecular weight is 260 g/mol. The Kier molecular flexibility index (Phi) is 3.16. The molecular formula is C16H24N2O. The third kappa shape index (κ3) is 2.00. The summed E-state index contributed by atoms with van der Waals surface area (Å²) >= 11 is 0. The summed E-state index contributed by atoms with van der Waals surface area (Å²) in [6, 6.07) is 8.54. The molecule has 0 amide bonds. The van der Waals surface area contributed by atoms with Crippen LogP contribution in [0.5, 0.6) is 0 Å². The molecule has 3 rings (SSSR count). The minimum atomic E-state index is -0.645. The number of aliphatic hydroxyl groups is 1. The highest BCUT2D eigenvalue weighted by molar-refractivity contribution is 5.36. The molecule has 1 unspecified atom stereocenters. The monoisotopic (exact) mass is 260 g/mol. The van der Waals surface area contributed by atoms with Crippen molar-refractivity contribution in [2.45, 2.75) is 31.3 Å². The van der Waals surface area contributed by atoms with Crippen molar-refractivity contribution in [1.82, 2.24) is 4.90 Å². The van der Waals surface area contributed by atoms with Crippen molar-refractivity contribution in [3.05, 3.63) is 35.4 Å². The van der Waals surface area contributed by atoms with Crippen LogP contribution in [0.25, 0.3) is 0 Å². The van der Waals surface area contributed by atoms with E-state index in [-0.39, 0.29) is 5.41 Å². The van der Waals surface area contributed by atoms with E-state index in [1.165, 1.54) is 11.1 Å². The second-order valence-electron chi connectivity index (χ2n) is 6.48. The molecule has 1 aliphatic carbocycles. The smallest absolute Gasteiger partial charge is 0.0848 e. The molecule has 1 fully saturated rings. The van der Waals surface area contributed by atoms with Crippen LogP contribution in [0.2, 0.25) is 0 Å². The third-order valence-electron chi connectivity index (χ3n) is 5.22. The van der Waals surface area contributed by atoms with Crippen molar-refractivity contribution in [3.8, 4) is 0 Å². The predicted octanol–water partition coefficient (Wildman–Crippen LogP) is 1.19. The SMILES string of the molecule is CN1CCCC(O)(C2(CN)Cc3ccccc3C2)C1. The van der Waals surface area contributed by atoms with Crippen molar-refractivity contribution in [2.75, 3.05) is 26.7 Å². The summed E-state index contributed by atoms with van der Waals surface area (Å²) in [5, 5.41) is 11.2. The fourth-order valence-electron chi connectivity index (χ4n) is 4.04. The molecule has 1 heterocycles. The van der Waals surface area contributed by atoms with Crippen molar-refractivity contribution < 1.29 is 5.11 Å². The van der Waals surface area contributed by atoms with Crippen molar-refractivity contribution in [1.29, 1.82) is 0 Å². The summed E-state index contributed by atoms with van der Waals surface area (Å²) in [6.45, 7) is 2.39. The Morgan fingerprint density at radius 1 is 1.26 bits per heavy atom. The van der Waals surface area contributed by atoms with Crippen molar-refractivity contribution >= 4 is 0 Å². The maximum atomic E-state index is 11.2. The molecule has 1 aliphatic heterocycles. The van der Waals surface area contributed by atoms with Crippen molar-refractivity contribution in [2.24, 2.45) is 11.1 Å². The molecule has 0 radical (unpaired) electrons. The molecule has 2 aliphatic rings. The summed E-state index contributed by atoms with van der Waals surface area (Å²) in [5.41, 5.74) is 8.05. The van der Waals surface area contributed by atoms with Crippen LogP contribution in [0.3, 0.4) is 0 Å². The summed E-state index contributed by atoms with van der Waals surface area (Å²) in [7, 11) is 2.09. The van der Waals surface area contributed by atoms with Gasteiger partial charge in [-0.1, -0.05) is 24.3 Å². The number of β-amino-alcohol motifs (C(OH)–C–C–N with tert-alkyl or cyclic N) is 1. The molecule has 0 saturated carbocycles. The Hall–Kier alpha value is -0.900. The Bertz CT molecular complexity index is 449. The molecular weight excluding hydrogens is 236 g/mol. The quantitative estimate of drug-likeness (QED) is 0.840. The van der Waals surface area contributed by atoms with Gasteiger partial charge in [0.1, 0.15) is 0 Å². The number of nitrogens with zero attached hydrogens (tertiary/aromatic N) is 1. The number of rotatable bonds is 2. The first-order valence-corrected chi connectivity index (χ1v) is 7.26. The van der Waals surface area contributed by atoms with Gasteiger partial charge in [-0.05, 0) is 50.4 Å². The second-order valence-corrected chi connectivity index (χ2v) is 6.48. The van der Waals surface area contributed by atoms with Gasteiger partial charge in [0, 0.05) is 18.5 Å². The maximum Gasteiger partial charge on any atom is 0.0848 e. The molecule has 19 heavy (non-hydrogen) atoms. The van der Waals surface area contributed by atoms with Crippen LogP contribution < -0.4 is 5.73 Å². The van der Waals surface area contributed by atoms with E-state index in [1.807, 2.05) is 0 Å². The highest BCUT2D eigenvalue weighted by Crippen LogP contribution is 2.47. The molecule has 1 saturated heterocycles. The number of fused-ring (bicyclic) bond motifs is 1. The van der Waals surface area contributed by atoms with Gasteiger partial charge in [-0.25, -0.2) is 0 Å². The predicted molar refractivity (Wildman–Crippen MR) is 77.0 cm³/mol. The van der Waals surface area contributed by atoms with E-state index in [1.54, 1.807) is 0 Å². The standard InChI is InChI=1S/C16H24N2O/c1-18-8-4-7-16(19,12-18)15(11-17)9-13-5-2-3-6-14(13)10-15/h2-3,5-6,19H,4,7-12,17H2,1H3. The lowest BCUT2D eigenvalue weighted by atomic mass is 9.66. The Morgan fingerprint density at radius 2 is 1.89 bits per heavy atom. The molecule has 0 bridgehead atoms. The normalized spacial score (nSPS) is 30.3. The summed E-state index contributed by atoms with van der Waals surface area (Å²) < 4.78 is 0. The maximum absolute atomic E-state index is 11.2. The number of hydrogen-bond acceptors (Lipinski definition) is 3. The van der Waals surface area contributed by atoms with E-state index in [0.717, 1.165) is 38.8 Å². The van der Waals surface area contributed by atoms with Crippen LogP contribution in [0, 0.1) is 5.41 Å². The minimum absolute atomic E-state index is 0.175. The lowest BCUT2D eigenvalue weighted by molar-refractivity contribution is -0.116. The molecule has 0 spiro atoms. The second kappa shape index (κ2) is 4.58. The summed E-state index contributed by atoms with van der Waals surface area (Å²) in [6.07, 6.45) is 3.78. The van der Waals surface area contributed by atoms with Gasteiger partial charge in [0.25, 0.3) is 0 Å². The highest BCUT2D eigenvalue weighted by Gasteiger charge is 2.53. The van der Waals surface area contributed by atoms with Gasteiger partial charge in [-0.2, -0.15) is 0 Å². The van der Waals surface area contributed by atoms with Gasteiger partial charge < -0.3 is 15.7 Å². The number of likely N-dealkylation sites (N-methyl/N-ethyl adjacent to an activating group) is 1. The average Bonchev–Trinajstić information content (AvgIpc) is 2.79. The molecule has 1 aromatic carbocycles. The molecule has 1 aromatic rings. The Morgan fingerprint density at radius 3 is 2.42 bits per heavy atom.